The highest BCUT2D eigenvalue weighted by molar-refractivity contribution is 5.92. The first-order valence-electron chi connectivity index (χ1n) is 4.19. The van der Waals surface area contributed by atoms with Gasteiger partial charge in [-0.25, -0.2) is 4.79 Å². The van der Waals surface area contributed by atoms with E-state index in [1.54, 1.807) is 12.1 Å². The number of benzene rings is 1. The molecule has 4 N–H and O–H groups in total. The fourth-order valence-corrected chi connectivity index (χ4v) is 0.942. The van der Waals surface area contributed by atoms with Crippen molar-refractivity contribution in [2.45, 2.75) is 0 Å². The summed E-state index contributed by atoms with van der Waals surface area (Å²) in [5, 5.41) is 9.31. The van der Waals surface area contributed by atoms with E-state index in [2.05, 4.69) is 0 Å². The van der Waals surface area contributed by atoms with E-state index in [1.165, 1.54) is 19.2 Å². The van der Waals surface area contributed by atoms with Gasteiger partial charge in [-0.3, -0.25) is 0 Å². The summed E-state index contributed by atoms with van der Waals surface area (Å²) in [6.07, 6.45) is 0. The highest BCUT2D eigenvalue weighted by atomic mass is 16.6. The minimum Gasteiger partial charge on any atom is -0.507 e. The Bertz CT molecular complexity index is 314. The van der Waals surface area contributed by atoms with Gasteiger partial charge in [-0.1, -0.05) is 12.1 Å². The number of rotatable bonds is 4. The minimum atomic E-state index is -0.542. The maximum atomic E-state index is 11.3. The molecule has 5 heteroatoms. The first kappa shape index (κ1) is 13.4. The van der Waals surface area contributed by atoms with E-state index in [0.717, 1.165) is 0 Å². The van der Waals surface area contributed by atoms with Crippen LogP contribution in [0, 0.1) is 0 Å². The second-order valence-corrected chi connectivity index (χ2v) is 2.65. The Morgan fingerprint density at radius 3 is 2.60 bits per heavy atom. The van der Waals surface area contributed by atoms with Crippen molar-refractivity contribution >= 4 is 5.97 Å². The van der Waals surface area contributed by atoms with Crippen molar-refractivity contribution < 1.29 is 19.4 Å². The van der Waals surface area contributed by atoms with Gasteiger partial charge in [0.2, 0.25) is 0 Å². The monoisotopic (exact) mass is 213 g/mol. The van der Waals surface area contributed by atoms with Crippen LogP contribution in [0.1, 0.15) is 10.4 Å². The number of aromatic hydroxyl groups is 1. The van der Waals surface area contributed by atoms with Crippen molar-refractivity contribution in [1.82, 2.24) is 6.15 Å². The zero-order chi connectivity index (χ0) is 10.4. The SMILES string of the molecule is COCCOC(=O)c1ccccc1O.N. The van der Waals surface area contributed by atoms with Gasteiger partial charge in [0.1, 0.15) is 17.9 Å². The number of para-hydroxylation sites is 1. The van der Waals surface area contributed by atoms with Crippen LogP contribution in [0.3, 0.4) is 0 Å². The average Bonchev–Trinajstić information content (AvgIpc) is 2.18. The molecule has 0 unspecified atom stereocenters. The zero-order valence-corrected chi connectivity index (χ0v) is 8.60. The van der Waals surface area contributed by atoms with E-state index in [9.17, 15) is 9.90 Å². The number of phenolic OH excluding ortho intramolecular Hbond substituents is 1. The molecule has 0 aliphatic heterocycles. The second kappa shape index (κ2) is 6.80. The van der Waals surface area contributed by atoms with Crippen LogP contribution >= 0.6 is 0 Å². The fourth-order valence-electron chi connectivity index (χ4n) is 0.942. The van der Waals surface area contributed by atoms with Crippen molar-refractivity contribution in [3.05, 3.63) is 29.8 Å². The van der Waals surface area contributed by atoms with Crippen molar-refractivity contribution in [3.63, 3.8) is 0 Å². The lowest BCUT2D eigenvalue weighted by Crippen LogP contribution is -2.09. The van der Waals surface area contributed by atoms with Crippen LogP contribution in [0.5, 0.6) is 5.75 Å². The molecule has 1 aromatic rings. The van der Waals surface area contributed by atoms with Crippen LogP contribution in [0.25, 0.3) is 0 Å². The summed E-state index contributed by atoms with van der Waals surface area (Å²) in [4.78, 5) is 11.3. The standard InChI is InChI=1S/C10H12O4.H3N/c1-13-6-7-14-10(12)8-4-2-3-5-9(8)11;/h2-5,11H,6-7H2,1H3;1H3. The van der Waals surface area contributed by atoms with E-state index in [1.807, 2.05) is 0 Å². The molecule has 5 nitrogen and oxygen atoms in total. The number of carbonyl (C=O) groups excluding carboxylic acids is 1. The lowest BCUT2D eigenvalue weighted by molar-refractivity contribution is 0.0385. The van der Waals surface area contributed by atoms with Gasteiger partial charge in [0.25, 0.3) is 0 Å². The lowest BCUT2D eigenvalue weighted by Gasteiger charge is -2.04. The number of phenols is 1. The predicted molar refractivity (Wildman–Crippen MR) is 55.3 cm³/mol. The Morgan fingerprint density at radius 2 is 2.00 bits per heavy atom. The van der Waals surface area contributed by atoms with Gasteiger partial charge < -0.3 is 20.7 Å². The van der Waals surface area contributed by atoms with E-state index in [-0.39, 0.29) is 24.1 Å². The largest absolute Gasteiger partial charge is 0.507 e. The van der Waals surface area contributed by atoms with Crippen molar-refractivity contribution in [2.75, 3.05) is 20.3 Å². The molecule has 0 aliphatic carbocycles. The third-order valence-corrected chi connectivity index (χ3v) is 1.64. The van der Waals surface area contributed by atoms with Crippen molar-refractivity contribution in [3.8, 4) is 5.75 Å². The Balaban J connectivity index is 0.00000196. The number of ether oxygens (including phenoxy) is 2. The molecule has 0 heterocycles. The fraction of sp³-hybridized carbons (Fsp3) is 0.300. The maximum absolute atomic E-state index is 11.3. The normalized spacial score (nSPS) is 9.13. The first-order valence-corrected chi connectivity index (χ1v) is 4.19. The molecule has 0 amide bonds. The lowest BCUT2D eigenvalue weighted by atomic mass is 10.2. The van der Waals surface area contributed by atoms with Gasteiger partial charge in [-0.15, -0.1) is 0 Å². The van der Waals surface area contributed by atoms with E-state index < -0.39 is 5.97 Å². The molecule has 0 saturated carbocycles. The van der Waals surface area contributed by atoms with Crippen LogP contribution in [0.2, 0.25) is 0 Å². The minimum absolute atomic E-state index is 0. The quantitative estimate of drug-likeness (QED) is 0.582. The Kier molecular flexibility index (Phi) is 6.08. The number of methoxy groups -OCH3 is 1. The summed E-state index contributed by atoms with van der Waals surface area (Å²) < 4.78 is 9.54. The Hall–Kier alpha value is -1.59. The smallest absolute Gasteiger partial charge is 0.341 e. The average molecular weight is 213 g/mol. The molecule has 0 spiro atoms. The van der Waals surface area contributed by atoms with E-state index in [0.29, 0.717) is 6.61 Å². The molecule has 0 atom stereocenters. The highest BCUT2D eigenvalue weighted by Crippen LogP contribution is 2.16. The molecule has 0 saturated heterocycles. The summed E-state index contributed by atoms with van der Waals surface area (Å²) in [5.74, 6) is -0.616. The zero-order valence-electron chi connectivity index (χ0n) is 8.60. The summed E-state index contributed by atoms with van der Waals surface area (Å²) in [6, 6.07) is 6.24. The summed E-state index contributed by atoms with van der Waals surface area (Å²) >= 11 is 0. The van der Waals surface area contributed by atoms with Gasteiger partial charge in [0, 0.05) is 7.11 Å². The second-order valence-electron chi connectivity index (χ2n) is 2.65. The van der Waals surface area contributed by atoms with Crippen molar-refractivity contribution in [2.24, 2.45) is 0 Å². The van der Waals surface area contributed by atoms with Gasteiger partial charge in [-0.2, -0.15) is 0 Å². The molecule has 1 aromatic carbocycles. The third-order valence-electron chi connectivity index (χ3n) is 1.64. The highest BCUT2D eigenvalue weighted by Gasteiger charge is 2.10. The number of esters is 1. The maximum Gasteiger partial charge on any atom is 0.341 e. The Morgan fingerprint density at radius 1 is 1.33 bits per heavy atom. The molecule has 15 heavy (non-hydrogen) atoms. The van der Waals surface area contributed by atoms with E-state index >= 15 is 0 Å². The summed E-state index contributed by atoms with van der Waals surface area (Å²) in [5.41, 5.74) is 0.170. The molecular weight excluding hydrogens is 198 g/mol. The van der Waals surface area contributed by atoms with Gasteiger partial charge >= 0.3 is 5.97 Å². The predicted octanol–water partition coefficient (Wildman–Crippen LogP) is 1.36. The third kappa shape index (κ3) is 3.97. The molecule has 84 valence electrons. The molecule has 1 rings (SSSR count). The molecule has 0 aliphatic rings. The molecular formula is C10H15NO4. The number of carbonyl (C=O) groups is 1. The Labute approximate surface area is 88.2 Å². The molecule has 0 fully saturated rings. The van der Waals surface area contributed by atoms with Crippen LogP contribution in [-0.2, 0) is 9.47 Å². The van der Waals surface area contributed by atoms with Gasteiger partial charge in [0.05, 0.1) is 6.61 Å². The number of hydrogen-bond acceptors (Lipinski definition) is 5. The number of hydrogen-bond donors (Lipinski definition) is 2. The molecule has 0 aromatic heterocycles. The summed E-state index contributed by atoms with van der Waals surface area (Å²) in [7, 11) is 1.52. The van der Waals surface area contributed by atoms with Gasteiger partial charge in [-0.05, 0) is 12.1 Å². The topological polar surface area (TPSA) is 90.8 Å². The molecule has 0 radical (unpaired) electrons. The van der Waals surface area contributed by atoms with Crippen LogP contribution in [0.4, 0.5) is 0 Å². The first-order chi connectivity index (χ1) is 6.75. The van der Waals surface area contributed by atoms with Crippen molar-refractivity contribution in [1.29, 1.82) is 0 Å². The van der Waals surface area contributed by atoms with Crippen LogP contribution in [-0.4, -0.2) is 31.4 Å². The summed E-state index contributed by atoms with van der Waals surface area (Å²) in [6.45, 7) is 0.531. The van der Waals surface area contributed by atoms with E-state index in [4.69, 9.17) is 9.47 Å². The van der Waals surface area contributed by atoms with Gasteiger partial charge in [0.15, 0.2) is 0 Å². The molecule has 0 bridgehead atoms. The van der Waals surface area contributed by atoms with Crippen LogP contribution in [0.15, 0.2) is 24.3 Å². The van der Waals surface area contributed by atoms with Crippen LogP contribution < -0.4 is 6.15 Å².